The standard InChI is InChI=1S/C12H17NO3S/c1-9-3-4-12(16-2)10(7-9)11-8-17(14,15)6-5-13-11/h3-4,7,11,13H,5-6,8H2,1-2H3. The Kier molecular flexibility index (Phi) is 3.40. The smallest absolute Gasteiger partial charge is 0.153 e. The summed E-state index contributed by atoms with van der Waals surface area (Å²) >= 11 is 0. The molecular formula is C12H17NO3S. The molecule has 0 saturated carbocycles. The molecule has 1 aromatic rings. The van der Waals surface area contributed by atoms with Crippen LogP contribution in [0, 0.1) is 6.92 Å². The van der Waals surface area contributed by atoms with Gasteiger partial charge in [0.25, 0.3) is 0 Å². The van der Waals surface area contributed by atoms with Crippen LogP contribution >= 0.6 is 0 Å². The average molecular weight is 255 g/mol. The molecule has 2 rings (SSSR count). The predicted octanol–water partition coefficient (Wildman–Crippen LogP) is 1.06. The number of hydrogen-bond donors (Lipinski definition) is 1. The fraction of sp³-hybridized carbons (Fsp3) is 0.500. The largest absolute Gasteiger partial charge is 0.496 e. The third-order valence-electron chi connectivity index (χ3n) is 2.99. The van der Waals surface area contributed by atoms with Crippen molar-refractivity contribution in [3.05, 3.63) is 29.3 Å². The minimum absolute atomic E-state index is 0.146. The Morgan fingerprint density at radius 3 is 2.82 bits per heavy atom. The molecule has 94 valence electrons. The maximum Gasteiger partial charge on any atom is 0.153 e. The molecule has 0 spiro atoms. The summed E-state index contributed by atoms with van der Waals surface area (Å²) in [5, 5.41) is 3.23. The quantitative estimate of drug-likeness (QED) is 0.858. The number of nitrogens with one attached hydrogen (secondary N) is 1. The first-order valence-electron chi connectivity index (χ1n) is 5.60. The first-order valence-corrected chi connectivity index (χ1v) is 7.42. The lowest BCUT2D eigenvalue weighted by atomic mass is 10.0. The summed E-state index contributed by atoms with van der Waals surface area (Å²) in [6.07, 6.45) is 0. The van der Waals surface area contributed by atoms with Crippen LogP contribution in [0.1, 0.15) is 17.2 Å². The summed E-state index contributed by atoms with van der Waals surface area (Å²) in [5.41, 5.74) is 2.03. The molecule has 1 heterocycles. The highest BCUT2D eigenvalue weighted by atomic mass is 32.2. The molecule has 1 aliphatic heterocycles. The number of rotatable bonds is 2. The van der Waals surface area contributed by atoms with E-state index in [9.17, 15) is 8.42 Å². The minimum atomic E-state index is -2.94. The van der Waals surface area contributed by atoms with Crippen molar-refractivity contribution in [2.75, 3.05) is 25.2 Å². The molecule has 4 nitrogen and oxygen atoms in total. The summed E-state index contributed by atoms with van der Waals surface area (Å²) in [6, 6.07) is 5.66. The van der Waals surface area contributed by atoms with Crippen LogP contribution in [0.2, 0.25) is 0 Å². The Morgan fingerprint density at radius 2 is 2.18 bits per heavy atom. The zero-order chi connectivity index (χ0) is 12.5. The van der Waals surface area contributed by atoms with Gasteiger partial charge in [-0.2, -0.15) is 0 Å². The second-order valence-electron chi connectivity index (χ2n) is 4.37. The summed E-state index contributed by atoms with van der Waals surface area (Å²) in [6.45, 7) is 2.49. The van der Waals surface area contributed by atoms with E-state index >= 15 is 0 Å². The predicted molar refractivity (Wildman–Crippen MR) is 67.1 cm³/mol. The first-order chi connectivity index (χ1) is 8.02. The Labute approximate surface area is 102 Å². The van der Waals surface area contributed by atoms with Crippen molar-refractivity contribution in [1.29, 1.82) is 0 Å². The summed E-state index contributed by atoms with van der Waals surface area (Å²) in [7, 11) is -1.33. The number of benzene rings is 1. The van der Waals surface area contributed by atoms with Crippen LogP contribution in [0.3, 0.4) is 0 Å². The third kappa shape index (κ3) is 2.79. The highest BCUT2D eigenvalue weighted by molar-refractivity contribution is 7.91. The molecule has 1 N–H and O–H groups in total. The topological polar surface area (TPSA) is 55.4 Å². The number of ether oxygens (including phenoxy) is 1. The van der Waals surface area contributed by atoms with E-state index in [1.807, 2.05) is 25.1 Å². The van der Waals surface area contributed by atoms with Crippen molar-refractivity contribution in [2.45, 2.75) is 13.0 Å². The molecule has 1 fully saturated rings. The average Bonchev–Trinajstić information content (AvgIpc) is 2.27. The van der Waals surface area contributed by atoms with E-state index in [4.69, 9.17) is 4.74 Å². The van der Waals surface area contributed by atoms with Gasteiger partial charge in [0.1, 0.15) is 5.75 Å². The van der Waals surface area contributed by atoms with Gasteiger partial charge in [0.15, 0.2) is 9.84 Å². The van der Waals surface area contributed by atoms with Gasteiger partial charge in [0.05, 0.1) is 18.6 Å². The van der Waals surface area contributed by atoms with Crippen LogP contribution in [-0.4, -0.2) is 33.6 Å². The van der Waals surface area contributed by atoms with Crippen LogP contribution in [0.5, 0.6) is 5.75 Å². The number of aryl methyl sites for hydroxylation is 1. The van der Waals surface area contributed by atoms with Gasteiger partial charge in [-0.15, -0.1) is 0 Å². The zero-order valence-corrected chi connectivity index (χ0v) is 10.9. The maximum absolute atomic E-state index is 11.6. The van der Waals surface area contributed by atoms with E-state index in [2.05, 4.69) is 5.32 Å². The molecule has 1 aromatic carbocycles. The van der Waals surface area contributed by atoms with E-state index in [0.717, 1.165) is 16.9 Å². The molecule has 0 bridgehead atoms. The molecule has 1 atom stereocenters. The second-order valence-corrected chi connectivity index (χ2v) is 6.60. The summed E-state index contributed by atoms with van der Waals surface area (Å²) in [4.78, 5) is 0. The van der Waals surface area contributed by atoms with Crippen LogP contribution < -0.4 is 10.1 Å². The van der Waals surface area contributed by atoms with Crippen LogP contribution in [0.4, 0.5) is 0 Å². The number of hydrogen-bond acceptors (Lipinski definition) is 4. The molecule has 0 aromatic heterocycles. The van der Waals surface area contributed by atoms with E-state index in [1.165, 1.54) is 0 Å². The molecule has 0 radical (unpaired) electrons. The molecule has 5 heteroatoms. The lowest BCUT2D eigenvalue weighted by Crippen LogP contribution is -2.39. The number of sulfone groups is 1. The molecular weight excluding hydrogens is 238 g/mol. The van der Waals surface area contributed by atoms with Crippen molar-refractivity contribution in [1.82, 2.24) is 5.32 Å². The maximum atomic E-state index is 11.6. The monoisotopic (exact) mass is 255 g/mol. The molecule has 1 aliphatic rings. The Balaban J connectivity index is 2.36. The summed E-state index contributed by atoms with van der Waals surface area (Å²) < 4.78 is 28.6. The van der Waals surface area contributed by atoms with Gasteiger partial charge in [-0.3, -0.25) is 0 Å². The van der Waals surface area contributed by atoms with Crippen molar-refractivity contribution in [2.24, 2.45) is 0 Å². The van der Waals surface area contributed by atoms with E-state index in [0.29, 0.717) is 6.54 Å². The van der Waals surface area contributed by atoms with Crippen LogP contribution in [0.25, 0.3) is 0 Å². The first kappa shape index (κ1) is 12.4. The molecule has 0 amide bonds. The van der Waals surface area contributed by atoms with Crippen LogP contribution in [0.15, 0.2) is 18.2 Å². The third-order valence-corrected chi connectivity index (χ3v) is 4.65. The van der Waals surface area contributed by atoms with Crippen molar-refractivity contribution in [3.8, 4) is 5.75 Å². The van der Waals surface area contributed by atoms with Crippen molar-refractivity contribution >= 4 is 9.84 Å². The fourth-order valence-corrected chi connectivity index (χ4v) is 3.51. The lowest BCUT2D eigenvalue weighted by molar-refractivity contribution is 0.401. The Morgan fingerprint density at radius 1 is 1.41 bits per heavy atom. The second kappa shape index (κ2) is 4.66. The minimum Gasteiger partial charge on any atom is -0.496 e. The molecule has 0 aliphatic carbocycles. The summed E-state index contributed by atoms with van der Waals surface area (Å²) in [5.74, 6) is 1.11. The molecule has 1 unspecified atom stereocenters. The van der Waals surface area contributed by atoms with Gasteiger partial charge in [-0.05, 0) is 13.0 Å². The van der Waals surface area contributed by atoms with Gasteiger partial charge in [0, 0.05) is 18.2 Å². The fourth-order valence-electron chi connectivity index (χ4n) is 2.11. The van der Waals surface area contributed by atoms with Crippen molar-refractivity contribution in [3.63, 3.8) is 0 Å². The van der Waals surface area contributed by atoms with E-state index < -0.39 is 9.84 Å². The highest BCUT2D eigenvalue weighted by Gasteiger charge is 2.27. The SMILES string of the molecule is COc1ccc(C)cc1C1CS(=O)(=O)CCN1. The normalized spacial score (nSPS) is 23.3. The van der Waals surface area contributed by atoms with Gasteiger partial charge in [0.2, 0.25) is 0 Å². The van der Waals surface area contributed by atoms with Gasteiger partial charge in [-0.25, -0.2) is 8.42 Å². The van der Waals surface area contributed by atoms with Crippen molar-refractivity contribution < 1.29 is 13.2 Å². The zero-order valence-electron chi connectivity index (χ0n) is 10.1. The lowest BCUT2D eigenvalue weighted by Gasteiger charge is -2.25. The van der Waals surface area contributed by atoms with Gasteiger partial charge in [-0.1, -0.05) is 17.7 Å². The van der Waals surface area contributed by atoms with E-state index in [1.54, 1.807) is 7.11 Å². The van der Waals surface area contributed by atoms with Crippen LogP contribution in [-0.2, 0) is 9.84 Å². The van der Waals surface area contributed by atoms with Gasteiger partial charge < -0.3 is 10.1 Å². The molecule has 17 heavy (non-hydrogen) atoms. The molecule has 1 saturated heterocycles. The number of methoxy groups -OCH3 is 1. The highest BCUT2D eigenvalue weighted by Crippen LogP contribution is 2.28. The van der Waals surface area contributed by atoms with E-state index in [-0.39, 0.29) is 17.5 Å². The Bertz CT molecular complexity index is 510. The Hall–Kier alpha value is -1.07. The van der Waals surface area contributed by atoms with Gasteiger partial charge >= 0.3 is 0 Å².